The largest absolute Gasteiger partial charge is 0.294 e. The van der Waals surface area contributed by atoms with Crippen LogP contribution in [0.1, 0.15) is 18.4 Å². The predicted octanol–water partition coefficient (Wildman–Crippen LogP) is 3.71. The molecule has 21 heavy (non-hydrogen) atoms. The summed E-state index contributed by atoms with van der Waals surface area (Å²) in [6.07, 6.45) is 10.5. The fourth-order valence-corrected chi connectivity index (χ4v) is 3.72. The molecule has 2 nitrogen and oxygen atoms in total. The zero-order chi connectivity index (χ0) is 14.7. The standard InChI is InChI=1S/C19H19NO/c20-11-10-19-16-7-6-15(13-16)18(19)9-8-17(21)12-14-4-2-1-3-5-14/h1-9,15-16,18-19H,10,12-13H2. The van der Waals surface area contributed by atoms with Gasteiger partial charge in [-0.2, -0.15) is 5.26 Å². The van der Waals surface area contributed by atoms with Crippen LogP contribution in [0, 0.1) is 35.0 Å². The van der Waals surface area contributed by atoms with E-state index in [1.165, 1.54) is 0 Å². The minimum absolute atomic E-state index is 0.142. The quantitative estimate of drug-likeness (QED) is 0.608. The fraction of sp³-hybridized carbons (Fsp3) is 0.368. The summed E-state index contributed by atoms with van der Waals surface area (Å²) in [6.45, 7) is 0. The minimum Gasteiger partial charge on any atom is -0.294 e. The number of fused-ring (bicyclic) bond motifs is 2. The Balaban J connectivity index is 1.64. The summed E-state index contributed by atoms with van der Waals surface area (Å²) >= 11 is 0. The molecule has 0 spiro atoms. The van der Waals surface area contributed by atoms with Gasteiger partial charge < -0.3 is 0 Å². The number of allylic oxidation sites excluding steroid dienone is 4. The van der Waals surface area contributed by atoms with Gasteiger partial charge in [-0.3, -0.25) is 4.79 Å². The smallest absolute Gasteiger partial charge is 0.159 e. The van der Waals surface area contributed by atoms with Crippen molar-refractivity contribution >= 4 is 5.78 Å². The first-order chi connectivity index (χ1) is 10.3. The van der Waals surface area contributed by atoms with Gasteiger partial charge in [-0.25, -0.2) is 0 Å². The molecule has 0 aliphatic heterocycles. The Labute approximate surface area is 125 Å². The zero-order valence-electron chi connectivity index (χ0n) is 12.0. The molecule has 0 aromatic heterocycles. The van der Waals surface area contributed by atoms with Gasteiger partial charge in [0.05, 0.1) is 6.07 Å². The Morgan fingerprint density at radius 3 is 2.76 bits per heavy atom. The summed E-state index contributed by atoms with van der Waals surface area (Å²) in [5.41, 5.74) is 1.05. The van der Waals surface area contributed by atoms with E-state index < -0.39 is 0 Å². The highest BCUT2D eigenvalue weighted by Gasteiger charge is 2.42. The number of benzene rings is 1. The molecule has 106 valence electrons. The summed E-state index contributed by atoms with van der Waals surface area (Å²) in [7, 11) is 0. The van der Waals surface area contributed by atoms with E-state index in [0.717, 1.165) is 12.0 Å². The second-order valence-corrected chi connectivity index (χ2v) is 6.04. The average molecular weight is 277 g/mol. The number of carbonyl (C=O) groups is 1. The zero-order valence-corrected chi connectivity index (χ0v) is 12.0. The van der Waals surface area contributed by atoms with E-state index in [9.17, 15) is 4.79 Å². The maximum atomic E-state index is 12.1. The van der Waals surface area contributed by atoms with E-state index in [4.69, 9.17) is 5.26 Å². The molecule has 4 unspecified atom stereocenters. The van der Waals surface area contributed by atoms with Crippen molar-refractivity contribution in [3.63, 3.8) is 0 Å². The van der Waals surface area contributed by atoms with E-state index >= 15 is 0 Å². The van der Waals surface area contributed by atoms with E-state index in [-0.39, 0.29) is 5.78 Å². The second kappa shape index (κ2) is 6.10. The highest BCUT2D eigenvalue weighted by molar-refractivity contribution is 5.91. The van der Waals surface area contributed by atoms with Crippen molar-refractivity contribution in [3.8, 4) is 6.07 Å². The van der Waals surface area contributed by atoms with E-state index in [0.29, 0.717) is 36.5 Å². The summed E-state index contributed by atoms with van der Waals surface area (Å²) in [5.74, 6) is 1.96. The maximum absolute atomic E-state index is 12.1. The molecule has 1 aromatic rings. The van der Waals surface area contributed by atoms with E-state index in [2.05, 4.69) is 24.3 Å². The number of hydrogen-bond donors (Lipinski definition) is 0. The van der Waals surface area contributed by atoms with Crippen molar-refractivity contribution in [2.75, 3.05) is 0 Å². The number of carbonyl (C=O) groups excluding carboxylic acids is 1. The lowest BCUT2D eigenvalue weighted by Crippen LogP contribution is -2.17. The topological polar surface area (TPSA) is 40.9 Å². The van der Waals surface area contributed by atoms with Crippen molar-refractivity contribution in [2.24, 2.45) is 23.7 Å². The van der Waals surface area contributed by atoms with Gasteiger partial charge in [0, 0.05) is 12.8 Å². The third-order valence-electron chi connectivity index (χ3n) is 4.74. The molecule has 0 radical (unpaired) electrons. The second-order valence-electron chi connectivity index (χ2n) is 6.04. The van der Waals surface area contributed by atoms with Gasteiger partial charge >= 0.3 is 0 Å². The number of nitrogens with zero attached hydrogens (tertiary/aromatic N) is 1. The molecule has 1 aromatic carbocycles. The van der Waals surface area contributed by atoms with Crippen LogP contribution in [0.25, 0.3) is 0 Å². The monoisotopic (exact) mass is 277 g/mol. The molecular formula is C19H19NO. The summed E-state index contributed by atoms with van der Waals surface area (Å²) in [5, 5.41) is 8.98. The van der Waals surface area contributed by atoms with Crippen molar-refractivity contribution in [3.05, 3.63) is 60.2 Å². The van der Waals surface area contributed by atoms with Crippen LogP contribution in [0.5, 0.6) is 0 Å². The highest BCUT2D eigenvalue weighted by Crippen LogP contribution is 2.49. The molecule has 2 heteroatoms. The van der Waals surface area contributed by atoms with E-state index in [1.54, 1.807) is 6.08 Å². The fourth-order valence-electron chi connectivity index (χ4n) is 3.72. The molecule has 0 amide bonds. The van der Waals surface area contributed by atoms with Crippen molar-refractivity contribution in [2.45, 2.75) is 19.3 Å². The molecule has 2 bridgehead atoms. The first kappa shape index (κ1) is 13.8. The van der Waals surface area contributed by atoms with Crippen LogP contribution >= 0.6 is 0 Å². The van der Waals surface area contributed by atoms with Gasteiger partial charge in [0.2, 0.25) is 0 Å². The Morgan fingerprint density at radius 1 is 1.24 bits per heavy atom. The molecule has 3 rings (SSSR count). The normalized spacial score (nSPS) is 29.9. The van der Waals surface area contributed by atoms with Crippen LogP contribution in [0.15, 0.2) is 54.6 Å². The first-order valence-electron chi connectivity index (χ1n) is 7.58. The molecule has 4 atom stereocenters. The minimum atomic E-state index is 0.142. The molecule has 1 saturated carbocycles. The Kier molecular flexibility index (Phi) is 4.01. The van der Waals surface area contributed by atoms with E-state index in [1.807, 2.05) is 30.3 Å². The van der Waals surface area contributed by atoms with Gasteiger partial charge in [-0.1, -0.05) is 48.6 Å². The molecule has 1 fully saturated rings. The number of nitriles is 1. The van der Waals surface area contributed by atoms with Crippen LogP contribution in [0.4, 0.5) is 0 Å². The summed E-state index contributed by atoms with van der Waals surface area (Å²) in [4.78, 5) is 12.1. The third-order valence-corrected chi connectivity index (χ3v) is 4.74. The van der Waals surface area contributed by atoms with Crippen LogP contribution < -0.4 is 0 Å². The summed E-state index contributed by atoms with van der Waals surface area (Å²) in [6, 6.07) is 12.1. The summed E-state index contributed by atoms with van der Waals surface area (Å²) < 4.78 is 0. The number of rotatable bonds is 5. The average Bonchev–Trinajstić information content (AvgIpc) is 3.08. The van der Waals surface area contributed by atoms with Gasteiger partial charge in [0.25, 0.3) is 0 Å². The lowest BCUT2D eigenvalue weighted by atomic mass is 9.81. The van der Waals surface area contributed by atoms with Gasteiger partial charge in [0.1, 0.15) is 0 Å². The highest BCUT2D eigenvalue weighted by atomic mass is 16.1. The Hall–Kier alpha value is -2.14. The lowest BCUT2D eigenvalue weighted by molar-refractivity contribution is -0.114. The Bertz CT molecular complexity index is 608. The van der Waals surface area contributed by atoms with Crippen molar-refractivity contribution in [1.82, 2.24) is 0 Å². The maximum Gasteiger partial charge on any atom is 0.159 e. The molecule has 0 heterocycles. The van der Waals surface area contributed by atoms with Crippen LogP contribution in [-0.2, 0) is 11.2 Å². The number of ketones is 1. The van der Waals surface area contributed by atoms with Gasteiger partial charge in [-0.05, 0) is 41.7 Å². The van der Waals surface area contributed by atoms with Crippen molar-refractivity contribution < 1.29 is 4.79 Å². The van der Waals surface area contributed by atoms with Crippen LogP contribution in [0.2, 0.25) is 0 Å². The van der Waals surface area contributed by atoms with Crippen LogP contribution in [-0.4, -0.2) is 5.78 Å². The van der Waals surface area contributed by atoms with Crippen LogP contribution in [0.3, 0.4) is 0 Å². The molecule has 2 aliphatic rings. The SMILES string of the molecule is N#CCC1C2C=CC(C2)C1C=CC(=O)Cc1ccccc1. The van der Waals surface area contributed by atoms with Gasteiger partial charge in [0.15, 0.2) is 5.78 Å². The lowest BCUT2D eigenvalue weighted by Gasteiger charge is -2.23. The molecular weight excluding hydrogens is 258 g/mol. The molecule has 2 aliphatic carbocycles. The third kappa shape index (κ3) is 2.97. The first-order valence-corrected chi connectivity index (χ1v) is 7.58. The molecule has 0 N–H and O–H groups in total. The van der Waals surface area contributed by atoms with Crippen molar-refractivity contribution in [1.29, 1.82) is 5.26 Å². The molecule has 0 saturated heterocycles. The Morgan fingerprint density at radius 2 is 2.00 bits per heavy atom. The predicted molar refractivity (Wildman–Crippen MR) is 82.2 cm³/mol. The number of hydrogen-bond acceptors (Lipinski definition) is 2. The van der Waals surface area contributed by atoms with Gasteiger partial charge in [-0.15, -0.1) is 0 Å².